The maximum atomic E-state index is 9.82. The Balaban J connectivity index is 4.07. The first-order chi connectivity index (χ1) is 5.45. The minimum Gasteiger partial charge on any atom is -0.392 e. The molecule has 74 valence electrons. The third kappa shape index (κ3) is 3.09. The summed E-state index contributed by atoms with van der Waals surface area (Å²) in [6.07, 6.45) is -0.401. The van der Waals surface area contributed by atoms with Gasteiger partial charge in [-0.05, 0) is 6.54 Å². The fraction of sp³-hybridized carbons (Fsp3) is 1.00. The molecule has 0 aromatic rings. The number of hydrogen-bond donors (Lipinski definition) is 2. The third-order valence-corrected chi connectivity index (χ3v) is 2.30. The number of nitrogens with two attached hydrogens (primary N) is 1. The molecule has 0 aliphatic heterocycles. The molecule has 2 atom stereocenters. The lowest BCUT2D eigenvalue weighted by molar-refractivity contribution is -0.0154. The van der Waals surface area contributed by atoms with Gasteiger partial charge >= 0.3 is 0 Å². The summed E-state index contributed by atoms with van der Waals surface area (Å²) in [7, 11) is 1.64. The first kappa shape index (κ1) is 11.9. The molecule has 0 aliphatic carbocycles. The molecule has 3 nitrogen and oxygen atoms in total. The zero-order chi connectivity index (χ0) is 9.78. The zero-order valence-corrected chi connectivity index (χ0v) is 8.50. The van der Waals surface area contributed by atoms with Gasteiger partial charge in [-0.1, -0.05) is 20.8 Å². The Bertz CT molecular complexity index is 126. The van der Waals surface area contributed by atoms with Crippen LogP contribution in [0.25, 0.3) is 0 Å². The number of methoxy groups -OCH3 is 1. The van der Waals surface area contributed by atoms with Crippen LogP contribution in [0.2, 0.25) is 0 Å². The lowest BCUT2D eigenvalue weighted by Gasteiger charge is -2.32. The minimum atomic E-state index is -0.401. The van der Waals surface area contributed by atoms with Crippen molar-refractivity contribution in [2.45, 2.75) is 26.9 Å². The van der Waals surface area contributed by atoms with E-state index in [2.05, 4.69) is 0 Å². The average molecular weight is 175 g/mol. The molecule has 0 heterocycles. The molecule has 2 unspecified atom stereocenters. The molecule has 0 saturated heterocycles. The van der Waals surface area contributed by atoms with Gasteiger partial charge in [0.1, 0.15) is 0 Å². The summed E-state index contributed by atoms with van der Waals surface area (Å²) in [5.41, 5.74) is 5.32. The van der Waals surface area contributed by atoms with Crippen LogP contribution in [-0.2, 0) is 4.74 Å². The first-order valence-corrected chi connectivity index (χ1v) is 4.32. The Morgan fingerprint density at radius 1 is 1.50 bits per heavy atom. The van der Waals surface area contributed by atoms with Crippen molar-refractivity contribution in [2.24, 2.45) is 17.1 Å². The number of ether oxygens (including phenoxy) is 1. The Hall–Kier alpha value is -0.120. The molecule has 3 heteroatoms. The lowest BCUT2D eigenvalue weighted by Crippen LogP contribution is -2.41. The smallest absolute Gasteiger partial charge is 0.0650 e. The second-order valence-corrected chi connectivity index (χ2v) is 4.07. The van der Waals surface area contributed by atoms with E-state index < -0.39 is 6.10 Å². The molecular formula is C9H21NO2. The van der Waals surface area contributed by atoms with E-state index in [4.69, 9.17) is 10.5 Å². The van der Waals surface area contributed by atoms with Gasteiger partial charge in [-0.25, -0.2) is 0 Å². The van der Waals surface area contributed by atoms with Crippen molar-refractivity contribution in [2.75, 3.05) is 20.3 Å². The van der Waals surface area contributed by atoms with Crippen LogP contribution >= 0.6 is 0 Å². The molecular weight excluding hydrogens is 154 g/mol. The van der Waals surface area contributed by atoms with Gasteiger partial charge in [0.15, 0.2) is 0 Å². The summed E-state index contributed by atoms with van der Waals surface area (Å²) in [4.78, 5) is 0. The average Bonchev–Trinajstić information content (AvgIpc) is 2.03. The van der Waals surface area contributed by atoms with E-state index in [1.54, 1.807) is 7.11 Å². The molecule has 0 spiro atoms. The predicted molar refractivity (Wildman–Crippen MR) is 49.9 cm³/mol. The van der Waals surface area contributed by atoms with Crippen molar-refractivity contribution >= 4 is 0 Å². The highest BCUT2D eigenvalue weighted by Gasteiger charge is 2.30. The summed E-state index contributed by atoms with van der Waals surface area (Å²) in [6, 6.07) is 0. The molecule has 0 saturated carbocycles. The molecule has 0 aromatic carbocycles. The summed E-state index contributed by atoms with van der Waals surface area (Å²) in [5.74, 6) is 0.133. The Kier molecular flexibility index (Phi) is 4.75. The largest absolute Gasteiger partial charge is 0.392 e. The summed E-state index contributed by atoms with van der Waals surface area (Å²) in [5, 5.41) is 9.82. The second-order valence-electron chi connectivity index (χ2n) is 4.07. The molecule has 0 aromatic heterocycles. The van der Waals surface area contributed by atoms with Crippen molar-refractivity contribution in [1.82, 2.24) is 0 Å². The highest BCUT2D eigenvalue weighted by molar-refractivity contribution is 4.82. The van der Waals surface area contributed by atoms with Crippen LogP contribution in [0.5, 0.6) is 0 Å². The van der Waals surface area contributed by atoms with E-state index in [0.717, 1.165) is 0 Å². The van der Waals surface area contributed by atoms with Gasteiger partial charge in [-0.3, -0.25) is 0 Å². The second kappa shape index (κ2) is 4.80. The molecule has 3 N–H and O–H groups in total. The SMILES string of the molecule is COCC(C)C(O)C(C)(C)CN. The van der Waals surface area contributed by atoms with Crippen molar-refractivity contribution in [1.29, 1.82) is 0 Å². The fourth-order valence-electron chi connectivity index (χ4n) is 1.25. The topological polar surface area (TPSA) is 55.5 Å². The van der Waals surface area contributed by atoms with E-state index in [9.17, 15) is 5.11 Å². The van der Waals surface area contributed by atoms with Crippen LogP contribution in [0.3, 0.4) is 0 Å². The fourth-order valence-corrected chi connectivity index (χ4v) is 1.25. The van der Waals surface area contributed by atoms with Gasteiger partial charge < -0.3 is 15.6 Å². The van der Waals surface area contributed by atoms with Gasteiger partial charge in [0.25, 0.3) is 0 Å². The van der Waals surface area contributed by atoms with Crippen molar-refractivity contribution in [3.8, 4) is 0 Å². The maximum absolute atomic E-state index is 9.82. The highest BCUT2D eigenvalue weighted by Crippen LogP contribution is 2.24. The van der Waals surface area contributed by atoms with Gasteiger partial charge in [0, 0.05) is 18.4 Å². The van der Waals surface area contributed by atoms with Gasteiger partial charge in [-0.2, -0.15) is 0 Å². The van der Waals surface area contributed by atoms with Crippen molar-refractivity contribution in [3.63, 3.8) is 0 Å². The minimum absolute atomic E-state index is 0.133. The summed E-state index contributed by atoms with van der Waals surface area (Å²) >= 11 is 0. The highest BCUT2D eigenvalue weighted by atomic mass is 16.5. The van der Waals surface area contributed by atoms with E-state index in [1.807, 2.05) is 20.8 Å². The Labute approximate surface area is 74.9 Å². The van der Waals surface area contributed by atoms with Gasteiger partial charge in [0.2, 0.25) is 0 Å². The quantitative estimate of drug-likeness (QED) is 0.644. The lowest BCUT2D eigenvalue weighted by atomic mass is 9.80. The molecule has 0 bridgehead atoms. The van der Waals surface area contributed by atoms with Gasteiger partial charge in [0.05, 0.1) is 12.7 Å². The molecule has 12 heavy (non-hydrogen) atoms. The molecule has 0 amide bonds. The summed E-state index contributed by atoms with van der Waals surface area (Å²) < 4.78 is 4.96. The Morgan fingerprint density at radius 3 is 2.33 bits per heavy atom. The molecule has 0 fully saturated rings. The van der Waals surface area contributed by atoms with E-state index in [-0.39, 0.29) is 11.3 Å². The van der Waals surface area contributed by atoms with Crippen LogP contribution in [0.4, 0.5) is 0 Å². The molecule has 0 aliphatic rings. The van der Waals surface area contributed by atoms with Crippen LogP contribution in [0.15, 0.2) is 0 Å². The van der Waals surface area contributed by atoms with Crippen molar-refractivity contribution < 1.29 is 9.84 Å². The number of rotatable bonds is 5. The van der Waals surface area contributed by atoms with Crippen LogP contribution < -0.4 is 5.73 Å². The third-order valence-electron chi connectivity index (χ3n) is 2.30. The van der Waals surface area contributed by atoms with Crippen LogP contribution in [0, 0.1) is 11.3 Å². The molecule has 0 radical (unpaired) electrons. The summed E-state index contributed by atoms with van der Waals surface area (Å²) in [6.45, 7) is 6.95. The van der Waals surface area contributed by atoms with Crippen LogP contribution in [0.1, 0.15) is 20.8 Å². The number of aliphatic hydroxyl groups excluding tert-OH is 1. The number of hydrogen-bond acceptors (Lipinski definition) is 3. The van der Waals surface area contributed by atoms with E-state index in [0.29, 0.717) is 13.2 Å². The zero-order valence-electron chi connectivity index (χ0n) is 8.50. The van der Waals surface area contributed by atoms with Gasteiger partial charge in [-0.15, -0.1) is 0 Å². The maximum Gasteiger partial charge on any atom is 0.0650 e. The van der Waals surface area contributed by atoms with E-state index in [1.165, 1.54) is 0 Å². The monoisotopic (exact) mass is 175 g/mol. The molecule has 0 rings (SSSR count). The first-order valence-electron chi connectivity index (χ1n) is 4.32. The Morgan fingerprint density at radius 2 is 2.00 bits per heavy atom. The van der Waals surface area contributed by atoms with Crippen molar-refractivity contribution in [3.05, 3.63) is 0 Å². The normalized spacial score (nSPS) is 17.5. The number of aliphatic hydroxyl groups is 1. The van der Waals surface area contributed by atoms with Crippen LogP contribution in [-0.4, -0.2) is 31.5 Å². The predicted octanol–water partition coefficient (Wildman–Crippen LogP) is 0.615. The standard InChI is InChI=1S/C9H21NO2/c1-7(5-12-4)8(11)9(2,3)6-10/h7-8,11H,5-6,10H2,1-4H3. The van der Waals surface area contributed by atoms with E-state index >= 15 is 0 Å².